The molecule has 1 aromatic heterocycles. The van der Waals surface area contributed by atoms with Crippen molar-refractivity contribution in [3.63, 3.8) is 0 Å². The number of ether oxygens (including phenoxy) is 1. The summed E-state index contributed by atoms with van der Waals surface area (Å²) in [6, 6.07) is 7.12. The van der Waals surface area contributed by atoms with E-state index in [9.17, 15) is 0 Å². The zero-order valence-corrected chi connectivity index (χ0v) is 13.7. The van der Waals surface area contributed by atoms with E-state index in [0.717, 1.165) is 16.8 Å². The lowest BCUT2D eigenvalue weighted by molar-refractivity contribution is 0.379. The second-order valence-electron chi connectivity index (χ2n) is 5.45. The van der Waals surface area contributed by atoms with Gasteiger partial charge in [-0.25, -0.2) is 4.98 Å². The molecule has 0 aliphatic heterocycles. The molecule has 4 nitrogen and oxygen atoms in total. The van der Waals surface area contributed by atoms with Crippen LogP contribution in [0.5, 0.6) is 5.75 Å². The van der Waals surface area contributed by atoms with Gasteiger partial charge in [0.2, 0.25) is 0 Å². The van der Waals surface area contributed by atoms with E-state index >= 15 is 0 Å². The Kier molecular flexibility index (Phi) is 4.60. The first-order valence-electron chi connectivity index (χ1n) is 7.31. The van der Waals surface area contributed by atoms with Gasteiger partial charge in [-0.1, -0.05) is 15.9 Å². The minimum Gasteiger partial charge on any atom is -0.496 e. The molecule has 1 aliphatic carbocycles. The highest BCUT2D eigenvalue weighted by molar-refractivity contribution is 9.10. The van der Waals surface area contributed by atoms with Crippen molar-refractivity contribution in [3.05, 3.63) is 47.0 Å². The van der Waals surface area contributed by atoms with Crippen LogP contribution in [0.25, 0.3) is 0 Å². The van der Waals surface area contributed by atoms with Gasteiger partial charge in [0.15, 0.2) is 0 Å². The van der Waals surface area contributed by atoms with Crippen molar-refractivity contribution in [1.29, 1.82) is 0 Å². The average molecular weight is 350 g/mol. The van der Waals surface area contributed by atoms with Crippen molar-refractivity contribution < 1.29 is 4.74 Å². The number of hydrogen-bond donors (Lipinski definition) is 1. The van der Waals surface area contributed by atoms with Gasteiger partial charge >= 0.3 is 0 Å². The molecule has 0 amide bonds. The van der Waals surface area contributed by atoms with Crippen LogP contribution >= 0.6 is 15.9 Å². The van der Waals surface area contributed by atoms with Gasteiger partial charge in [0.25, 0.3) is 0 Å². The maximum atomic E-state index is 5.44. The number of hydrogen-bond acceptors (Lipinski definition) is 3. The van der Waals surface area contributed by atoms with Crippen LogP contribution in [0.1, 0.15) is 30.9 Å². The van der Waals surface area contributed by atoms with E-state index in [2.05, 4.69) is 43.1 Å². The third-order valence-corrected chi connectivity index (χ3v) is 4.68. The number of aromatic nitrogens is 2. The summed E-state index contributed by atoms with van der Waals surface area (Å²) in [5, 5.41) is 3.69. The molecule has 1 saturated carbocycles. The molecule has 1 aliphatic rings. The lowest BCUT2D eigenvalue weighted by Crippen LogP contribution is -2.33. The molecule has 1 N–H and O–H groups in total. The van der Waals surface area contributed by atoms with Crippen LogP contribution in [0.3, 0.4) is 0 Å². The molecule has 1 aromatic carbocycles. The van der Waals surface area contributed by atoms with E-state index in [1.165, 1.54) is 24.8 Å². The van der Waals surface area contributed by atoms with E-state index in [1.807, 2.05) is 24.7 Å². The van der Waals surface area contributed by atoms with Crippen LogP contribution in [0.4, 0.5) is 0 Å². The molecular weight excluding hydrogens is 330 g/mol. The average Bonchev–Trinajstić information content (AvgIpc) is 3.16. The minimum atomic E-state index is 0.489. The third-order valence-electron chi connectivity index (χ3n) is 4.18. The van der Waals surface area contributed by atoms with Gasteiger partial charge in [0, 0.05) is 41.1 Å². The highest BCUT2D eigenvalue weighted by Crippen LogP contribution is 2.31. The summed E-state index contributed by atoms with van der Waals surface area (Å²) >= 11 is 3.53. The maximum absolute atomic E-state index is 5.44. The van der Waals surface area contributed by atoms with Crippen molar-refractivity contribution >= 4 is 15.9 Å². The number of imidazole rings is 1. The van der Waals surface area contributed by atoms with Gasteiger partial charge in [-0.2, -0.15) is 0 Å². The van der Waals surface area contributed by atoms with Crippen molar-refractivity contribution in [3.8, 4) is 5.75 Å². The molecule has 112 valence electrons. The van der Waals surface area contributed by atoms with E-state index in [1.54, 1.807) is 7.11 Å². The number of nitrogens with zero attached hydrogens (tertiary/aromatic N) is 2. The Labute approximate surface area is 133 Å². The number of rotatable bonds is 5. The minimum absolute atomic E-state index is 0.489. The fourth-order valence-electron chi connectivity index (χ4n) is 3.13. The van der Waals surface area contributed by atoms with E-state index < -0.39 is 0 Å². The molecule has 0 bridgehead atoms. The monoisotopic (exact) mass is 349 g/mol. The second-order valence-corrected chi connectivity index (χ2v) is 6.37. The normalized spacial score (nSPS) is 21.6. The molecule has 5 heteroatoms. The van der Waals surface area contributed by atoms with Gasteiger partial charge < -0.3 is 14.6 Å². The van der Waals surface area contributed by atoms with Crippen molar-refractivity contribution in [2.75, 3.05) is 7.11 Å². The highest BCUT2D eigenvalue weighted by Gasteiger charge is 2.28. The molecular formula is C16H20BrN3O. The van der Waals surface area contributed by atoms with Crippen LogP contribution in [-0.4, -0.2) is 22.7 Å². The van der Waals surface area contributed by atoms with Crippen LogP contribution in [0, 0.1) is 0 Å². The van der Waals surface area contributed by atoms with Gasteiger partial charge in [-0.15, -0.1) is 0 Å². The lowest BCUT2D eigenvalue weighted by Gasteiger charge is -2.22. The van der Waals surface area contributed by atoms with Crippen LogP contribution < -0.4 is 10.1 Å². The molecule has 0 spiro atoms. The molecule has 0 saturated heterocycles. The number of nitrogens with one attached hydrogen (secondary N) is 1. The molecule has 3 rings (SSSR count). The summed E-state index contributed by atoms with van der Waals surface area (Å²) in [4.78, 5) is 4.17. The number of benzene rings is 1. The van der Waals surface area contributed by atoms with E-state index in [4.69, 9.17) is 4.74 Å². The summed E-state index contributed by atoms with van der Waals surface area (Å²) in [6.07, 6.45) is 9.51. The molecule has 1 heterocycles. The Balaban J connectivity index is 1.68. The highest BCUT2D eigenvalue weighted by atomic mass is 79.9. The largest absolute Gasteiger partial charge is 0.496 e. The van der Waals surface area contributed by atoms with Crippen LogP contribution in [-0.2, 0) is 6.54 Å². The first-order chi connectivity index (χ1) is 10.3. The molecule has 21 heavy (non-hydrogen) atoms. The molecule has 2 atom stereocenters. The van der Waals surface area contributed by atoms with E-state index in [0.29, 0.717) is 12.1 Å². The van der Waals surface area contributed by atoms with Crippen molar-refractivity contribution in [2.45, 2.75) is 37.9 Å². The Morgan fingerprint density at radius 1 is 1.43 bits per heavy atom. The smallest absolute Gasteiger partial charge is 0.123 e. The Morgan fingerprint density at radius 3 is 3.10 bits per heavy atom. The first-order valence-corrected chi connectivity index (χ1v) is 8.10. The predicted octanol–water partition coefficient (Wildman–Crippen LogP) is 3.54. The maximum Gasteiger partial charge on any atom is 0.123 e. The Bertz CT molecular complexity index is 585. The van der Waals surface area contributed by atoms with Crippen molar-refractivity contribution in [1.82, 2.24) is 14.9 Å². The quantitative estimate of drug-likeness (QED) is 0.897. The lowest BCUT2D eigenvalue weighted by atomic mass is 10.1. The fraction of sp³-hybridized carbons (Fsp3) is 0.438. The molecule has 0 radical (unpaired) electrons. The Morgan fingerprint density at radius 2 is 2.33 bits per heavy atom. The van der Waals surface area contributed by atoms with E-state index in [-0.39, 0.29) is 0 Å². The summed E-state index contributed by atoms with van der Waals surface area (Å²) < 4.78 is 8.74. The summed E-state index contributed by atoms with van der Waals surface area (Å²) in [7, 11) is 1.72. The summed E-state index contributed by atoms with van der Waals surface area (Å²) in [6.45, 7) is 0.818. The molecule has 2 unspecified atom stereocenters. The SMILES string of the molecule is COc1ccc(Br)cc1CNC1CCCC1n1ccnc1. The fourth-order valence-corrected chi connectivity index (χ4v) is 3.54. The zero-order chi connectivity index (χ0) is 14.7. The third kappa shape index (κ3) is 3.30. The van der Waals surface area contributed by atoms with Crippen molar-refractivity contribution in [2.24, 2.45) is 0 Å². The summed E-state index contributed by atoms with van der Waals surface area (Å²) in [5.74, 6) is 0.933. The topological polar surface area (TPSA) is 39.1 Å². The van der Waals surface area contributed by atoms with Gasteiger partial charge in [-0.05, 0) is 37.5 Å². The van der Waals surface area contributed by atoms with Crippen LogP contribution in [0.2, 0.25) is 0 Å². The van der Waals surface area contributed by atoms with Gasteiger partial charge in [0.05, 0.1) is 13.4 Å². The standard InChI is InChI=1S/C16H20BrN3O/c1-21-16-6-5-13(17)9-12(16)10-19-14-3-2-4-15(14)20-8-7-18-11-20/h5-9,11,14-15,19H,2-4,10H2,1H3. The molecule has 2 aromatic rings. The second kappa shape index (κ2) is 6.62. The Hall–Kier alpha value is -1.33. The van der Waals surface area contributed by atoms with Crippen LogP contribution in [0.15, 0.2) is 41.4 Å². The molecule has 1 fully saturated rings. The predicted molar refractivity (Wildman–Crippen MR) is 86.4 cm³/mol. The zero-order valence-electron chi connectivity index (χ0n) is 12.1. The van der Waals surface area contributed by atoms with Gasteiger partial charge in [0.1, 0.15) is 5.75 Å². The van der Waals surface area contributed by atoms with Gasteiger partial charge in [-0.3, -0.25) is 0 Å². The number of methoxy groups -OCH3 is 1. The number of halogens is 1. The first kappa shape index (κ1) is 14.6. The summed E-state index contributed by atoms with van der Waals surface area (Å²) in [5.41, 5.74) is 1.18.